The normalized spacial score (nSPS) is 12.5. The first-order chi connectivity index (χ1) is 4.92. The Bertz CT molecular complexity index is 101. The van der Waals surface area contributed by atoms with Crippen molar-refractivity contribution in [1.82, 2.24) is 0 Å². The summed E-state index contributed by atoms with van der Waals surface area (Å²) in [6.07, 6.45) is 1.90. The molecule has 0 saturated carbocycles. The average Bonchev–Trinajstić information content (AvgIpc) is 1.78. The molecule has 0 rings (SSSR count). The van der Waals surface area contributed by atoms with E-state index in [-0.39, 0.29) is 0 Å². The van der Waals surface area contributed by atoms with Crippen LogP contribution in [0.5, 0.6) is 0 Å². The van der Waals surface area contributed by atoms with Crippen LogP contribution in [0.1, 0.15) is 12.8 Å². The molecule has 0 nitrogen and oxygen atoms in total. The van der Waals surface area contributed by atoms with Crippen molar-refractivity contribution >= 4 is 68.8 Å². The second kappa shape index (κ2) is 6.35. The minimum absolute atomic E-state index is 0.709. The quantitative estimate of drug-likeness (QED) is 0.400. The van der Waals surface area contributed by atoms with Gasteiger partial charge in [0.15, 0.2) is 0 Å². The zero-order valence-electron chi connectivity index (χ0n) is 5.72. The predicted octanol–water partition coefficient (Wildman–Crippen LogP) is 4.39. The van der Waals surface area contributed by atoms with E-state index in [2.05, 4.69) is 0 Å². The molecule has 0 aromatic carbocycles. The van der Waals surface area contributed by atoms with Crippen molar-refractivity contribution in [1.29, 1.82) is 0 Å². The summed E-state index contributed by atoms with van der Waals surface area (Å²) in [6.45, 7) is 0. The highest BCUT2D eigenvalue weighted by atomic mass is 35.8. The largest absolute Gasteiger partial charge is 0.341 e. The minimum atomic E-state index is -2.39. The van der Waals surface area contributed by atoms with E-state index < -0.39 is 13.4 Å². The van der Waals surface area contributed by atoms with Crippen LogP contribution >= 0.6 is 55.4 Å². The first-order valence-corrected chi connectivity index (χ1v) is 12.1. The fourth-order valence-electron chi connectivity index (χ4n) is 0.584. The molecule has 7 heteroatoms. The van der Waals surface area contributed by atoms with Gasteiger partial charge in [-0.2, -0.15) is 0 Å². The Morgan fingerprint density at radius 1 is 1.00 bits per heavy atom. The molecule has 0 N–H and O–H groups in total. The third-order valence-electron chi connectivity index (χ3n) is 1.08. The Labute approximate surface area is 93.2 Å². The van der Waals surface area contributed by atoms with Gasteiger partial charge in [-0.05, 0) is 12.1 Å². The van der Waals surface area contributed by atoms with Crippen molar-refractivity contribution in [3.8, 4) is 0 Å². The molecule has 0 fully saturated rings. The van der Waals surface area contributed by atoms with Gasteiger partial charge in [0.05, 0.1) is 0 Å². The summed E-state index contributed by atoms with van der Waals surface area (Å²) in [6, 6.07) is -0.801. The molecule has 0 unspecified atom stereocenters. The van der Waals surface area contributed by atoms with Crippen LogP contribution in [0.25, 0.3) is 0 Å². The van der Waals surface area contributed by atoms with Crippen molar-refractivity contribution in [2.75, 3.05) is 0 Å². The Morgan fingerprint density at radius 3 is 1.91 bits per heavy atom. The van der Waals surface area contributed by atoms with Crippen LogP contribution in [0, 0.1) is 0 Å². The lowest BCUT2D eigenvalue weighted by Crippen LogP contribution is -2.08. The van der Waals surface area contributed by atoms with Crippen molar-refractivity contribution < 1.29 is 0 Å². The summed E-state index contributed by atoms with van der Waals surface area (Å²) in [5, 5.41) is 0. The van der Waals surface area contributed by atoms with Crippen LogP contribution in [-0.4, -0.2) is 13.4 Å². The van der Waals surface area contributed by atoms with Crippen LogP contribution < -0.4 is 0 Å². The average molecular weight is 290 g/mol. The van der Waals surface area contributed by atoms with E-state index in [1.165, 1.54) is 0 Å². The number of hydrogen-bond acceptors (Lipinski definition) is 0. The molecule has 0 spiro atoms. The van der Waals surface area contributed by atoms with E-state index in [1.54, 1.807) is 0 Å². The Morgan fingerprint density at radius 2 is 1.55 bits per heavy atom. The smallest absolute Gasteiger partial charge is 0.147 e. The molecule has 0 heterocycles. The highest BCUT2D eigenvalue weighted by molar-refractivity contribution is 7.64. The molecule has 0 amide bonds. The maximum atomic E-state index is 5.66. The van der Waals surface area contributed by atoms with Crippen LogP contribution in [0.4, 0.5) is 0 Å². The van der Waals surface area contributed by atoms with Crippen molar-refractivity contribution in [2.45, 2.75) is 24.9 Å². The standard InChI is InChI=1S/C4H8Cl5Si2/c5-10(6)3-1-2-4-11(7,8)9/h1-4H2. The van der Waals surface area contributed by atoms with Gasteiger partial charge in [-0.15, -0.1) is 55.4 Å². The third kappa shape index (κ3) is 11.9. The molecule has 0 atom stereocenters. The summed E-state index contributed by atoms with van der Waals surface area (Å²) < 4.78 is 0. The van der Waals surface area contributed by atoms with E-state index in [0.29, 0.717) is 6.04 Å². The van der Waals surface area contributed by atoms with Crippen LogP contribution in [0.2, 0.25) is 12.1 Å². The van der Waals surface area contributed by atoms with Crippen molar-refractivity contribution in [2.24, 2.45) is 0 Å². The molecule has 11 heavy (non-hydrogen) atoms. The van der Waals surface area contributed by atoms with Crippen molar-refractivity contribution in [3.63, 3.8) is 0 Å². The third-order valence-corrected chi connectivity index (χ3v) is 5.56. The zero-order chi connectivity index (χ0) is 8.91. The molecule has 0 bridgehead atoms. The van der Waals surface area contributed by atoms with Crippen LogP contribution in [0.15, 0.2) is 0 Å². The van der Waals surface area contributed by atoms with E-state index >= 15 is 0 Å². The van der Waals surface area contributed by atoms with E-state index in [9.17, 15) is 0 Å². The topological polar surface area (TPSA) is 0 Å². The van der Waals surface area contributed by atoms with Gasteiger partial charge in [-0.25, -0.2) is 0 Å². The highest BCUT2D eigenvalue weighted by Crippen LogP contribution is 2.27. The summed E-state index contributed by atoms with van der Waals surface area (Å²) in [4.78, 5) is 0. The zero-order valence-corrected chi connectivity index (χ0v) is 11.5. The SMILES string of the molecule is Cl[Si](Cl)CCCC[Si](Cl)(Cl)Cl. The van der Waals surface area contributed by atoms with Gasteiger partial charge in [0.25, 0.3) is 7.42 Å². The second-order valence-electron chi connectivity index (χ2n) is 2.16. The van der Waals surface area contributed by atoms with Crippen molar-refractivity contribution in [3.05, 3.63) is 0 Å². The maximum Gasteiger partial charge on any atom is 0.341 e. The Hall–Kier alpha value is 1.88. The molecule has 0 aromatic heterocycles. The molecule has 0 saturated heterocycles. The second-order valence-corrected chi connectivity index (χ2v) is 15.9. The molecular weight excluding hydrogens is 281 g/mol. The fourth-order valence-corrected chi connectivity index (χ4v) is 3.76. The lowest BCUT2D eigenvalue weighted by Gasteiger charge is -2.06. The monoisotopic (exact) mass is 287 g/mol. The molecule has 0 aromatic rings. The molecular formula is C4H8Cl5Si2. The number of halogens is 5. The lowest BCUT2D eigenvalue weighted by molar-refractivity contribution is 0.875. The molecule has 67 valence electrons. The van der Waals surface area contributed by atoms with Gasteiger partial charge in [0, 0.05) is 0 Å². The van der Waals surface area contributed by atoms with Gasteiger partial charge in [-0.1, -0.05) is 12.8 Å². The summed E-state index contributed by atoms with van der Waals surface area (Å²) in [5.41, 5.74) is 0. The van der Waals surface area contributed by atoms with E-state index in [1.807, 2.05) is 0 Å². The van der Waals surface area contributed by atoms with Gasteiger partial charge < -0.3 is 0 Å². The summed E-state index contributed by atoms with van der Waals surface area (Å²) >= 11 is 28.2. The summed E-state index contributed by atoms with van der Waals surface area (Å²) in [7, 11) is -1.12. The highest BCUT2D eigenvalue weighted by Gasteiger charge is 2.23. The van der Waals surface area contributed by atoms with Gasteiger partial charge in [-0.3, -0.25) is 0 Å². The molecule has 0 aliphatic carbocycles. The van der Waals surface area contributed by atoms with Gasteiger partial charge in [0.1, 0.15) is 0 Å². The fraction of sp³-hybridized carbons (Fsp3) is 1.00. The minimum Gasteiger partial charge on any atom is -0.147 e. The first-order valence-electron chi connectivity index (χ1n) is 3.15. The number of unbranched alkanes of at least 4 members (excludes halogenated alkanes) is 1. The van der Waals surface area contributed by atoms with Crippen LogP contribution in [0.3, 0.4) is 0 Å². The number of rotatable bonds is 5. The van der Waals surface area contributed by atoms with Crippen LogP contribution in [-0.2, 0) is 0 Å². The molecule has 1 radical (unpaired) electrons. The first kappa shape index (κ1) is 12.9. The molecule has 0 aliphatic rings. The van der Waals surface area contributed by atoms with Gasteiger partial charge in [0.2, 0.25) is 0 Å². The van der Waals surface area contributed by atoms with E-state index in [4.69, 9.17) is 55.4 Å². The lowest BCUT2D eigenvalue weighted by atomic mass is 10.4. The molecule has 0 aliphatic heterocycles. The van der Waals surface area contributed by atoms with Gasteiger partial charge >= 0.3 is 6.00 Å². The van der Waals surface area contributed by atoms with E-state index in [0.717, 1.165) is 18.9 Å². The number of hydrogen-bond donors (Lipinski definition) is 0. The Balaban J connectivity index is 3.15. The maximum absolute atomic E-state index is 5.66. The summed E-state index contributed by atoms with van der Waals surface area (Å²) in [5.74, 6) is 0. The predicted molar refractivity (Wildman–Crippen MR) is 59.6 cm³/mol. The Kier molecular flexibility index (Phi) is 7.44.